The van der Waals surface area contributed by atoms with E-state index in [1.165, 1.54) is 6.07 Å². The van der Waals surface area contributed by atoms with Gasteiger partial charge in [-0.1, -0.05) is 0 Å². The molecule has 4 rings (SSSR count). The molecule has 1 saturated heterocycles. The van der Waals surface area contributed by atoms with Gasteiger partial charge in [0.15, 0.2) is 0 Å². The van der Waals surface area contributed by atoms with Crippen LogP contribution in [0.3, 0.4) is 0 Å². The van der Waals surface area contributed by atoms with E-state index >= 15 is 4.39 Å². The Labute approximate surface area is 216 Å². The third kappa shape index (κ3) is 6.05. The van der Waals surface area contributed by atoms with Gasteiger partial charge in [0.2, 0.25) is 11.9 Å². The maximum absolute atomic E-state index is 15.2. The second-order valence-corrected chi connectivity index (χ2v) is 9.72. The highest BCUT2D eigenvalue weighted by atomic mass is 19.1. The summed E-state index contributed by atoms with van der Waals surface area (Å²) in [6, 6.07) is 7.25. The van der Waals surface area contributed by atoms with Crippen molar-refractivity contribution in [3.8, 4) is 17.3 Å². The third-order valence-electron chi connectivity index (χ3n) is 6.71. The first kappa shape index (κ1) is 26.1. The zero-order valence-corrected chi connectivity index (χ0v) is 21.8. The minimum absolute atomic E-state index is 0.0171. The topological polar surface area (TPSA) is 103 Å². The quantitative estimate of drug-likeness (QED) is 0.468. The largest absolute Gasteiger partial charge is 0.367 e. The smallest absolute Gasteiger partial charge is 0.227 e. The number of halogens is 1. The van der Waals surface area contributed by atoms with Crippen LogP contribution in [0.2, 0.25) is 0 Å². The number of hydrogen-bond acceptors (Lipinski definition) is 7. The summed E-state index contributed by atoms with van der Waals surface area (Å²) in [6.07, 6.45) is 7.61. The molecule has 1 N–H and O–H groups in total. The minimum atomic E-state index is -0.352. The van der Waals surface area contributed by atoms with Crippen LogP contribution >= 0.6 is 0 Å². The molecule has 0 saturated carbocycles. The molecule has 37 heavy (non-hydrogen) atoms. The van der Waals surface area contributed by atoms with E-state index in [1.807, 2.05) is 34.8 Å². The van der Waals surface area contributed by atoms with Crippen molar-refractivity contribution < 1.29 is 9.18 Å². The summed E-state index contributed by atoms with van der Waals surface area (Å²) in [6.45, 7) is 7.34. The van der Waals surface area contributed by atoms with E-state index < -0.39 is 0 Å². The van der Waals surface area contributed by atoms with Gasteiger partial charge >= 0.3 is 0 Å². The number of nitriles is 1. The molecule has 1 amide bonds. The number of benzene rings is 1. The zero-order chi connectivity index (χ0) is 26.5. The molecule has 0 radical (unpaired) electrons. The molecule has 1 aliphatic rings. The Balaban J connectivity index is 1.47. The van der Waals surface area contributed by atoms with Gasteiger partial charge in [-0.15, -0.1) is 0 Å². The first-order chi connectivity index (χ1) is 17.8. The lowest BCUT2D eigenvalue weighted by atomic mass is 10.0. The van der Waals surface area contributed by atoms with Crippen molar-refractivity contribution >= 4 is 23.2 Å². The van der Waals surface area contributed by atoms with E-state index in [0.29, 0.717) is 23.9 Å². The van der Waals surface area contributed by atoms with Crippen molar-refractivity contribution in [2.45, 2.75) is 58.5 Å². The molecular weight excluding hydrogens is 471 g/mol. The Morgan fingerprint density at radius 1 is 1.35 bits per heavy atom. The number of piperidine rings is 1. The summed E-state index contributed by atoms with van der Waals surface area (Å²) in [4.78, 5) is 25.1. The second kappa shape index (κ2) is 11.4. The Hall–Kier alpha value is -4.00. The number of aromatic nitrogens is 4. The number of amides is 1. The van der Waals surface area contributed by atoms with Gasteiger partial charge in [0.25, 0.3) is 0 Å². The highest BCUT2D eigenvalue weighted by molar-refractivity contribution is 5.76. The number of likely N-dealkylation sites (N-methyl/N-ethyl adjacent to an activating group) is 1. The van der Waals surface area contributed by atoms with E-state index in [-0.39, 0.29) is 36.6 Å². The van der Waals surface area contributed by atoms with Crippen molar-refractivity contribution in [3.05, 3.63) is 48.2 Å². The predicted molar refractivity (Wildman–Crippen MR) is 141 cm³/mol. The summed E-state index contributed by atoms with van der Waals surface area (Å²) < 4.78 is 17.1. The highest BCUT2D eigenvalue weighted by Crippen LogP contribution is 2.29. The summed E-state index contributed by atoms with van der Waals surface area (Å²) in [5.41, 5.74) is 3.64. The normalized spacial score (nSPS) is 15.5. The van der Waals surface area contributed by atoms with Gasteiger partial charge in [0.1, 0.15) is 5.82 Å². The Morgan fingerprint density at radius 3 is 2.86 bits per heavy atom. The van der Waals surface area contributed by atoms with E-state index in [4.69, 9.17) is 5.26 Å². The lowest BCUT2D eigenvalue weighted by Crippen LogP contribution is -2.48. The lowest BCUT2D eigenvalue weighted by Gasteiger charge is -2.39. The molecule has 9 nitrogen and oxygen atoms in total. The third-order valence-corrected chi connectivity index (χ3v) is 6.71. The summed E-state index contributed by atoms with van der Waals surface area (Å²) in [7, 11) is 1.76. The van der Waals surface area contributed by atoms with Crippen LogP contribution in [0.15, 0.2) is 36.8 Å². The van der Waals surface area contributed by atoms with Crippen LogP contribution in [0.25, 0.3) is 11.3 Å². The standard InChI is InChI=1S/C27H33FN8O/c1-18(2)36-16-20(15-31-36)26-19(3)14-30-27(33-26)32-21-9-10-24(23(28)13-21)35-12-6-7-22(17-35)34(4)25(37)8-5-11-29/h9-10,13-16,18,22H,5-8,12,17H2,1-4H3,(H,30,32,33)/t22-/m1/s1. The Bertz CT molecular complexity index is 1300. The number of anilines is 3. The molecule has 0 unspecified atom stereocenters. The van der Waals surface area contributed by atoms with Crippen molar-refractivity contribution in [2.75, 3.05) is 30.4 Å². The first-order valence-electron chi connectivity index (χ1n) is 12.6. The van der Waals surface area contributed by atoms with Gasteiger partial charge in [-0.25, -0.2) is 14.4 Å². The number of carbonyl (C=O) groups excluding carboxylic acids is 1. The molecule has 1 aromatic carbocycles. The van der Waals surface area contributed by atoms with Gasteiger partial charge < -0.3 is 15.1 Å². The fourth-order valence-electron chi connectivity index (χ4n) is 4.54. The average molecular weight is 505 g/mol. The maximum Gasteiger partial charge on any atom is 0.227 e. The number of nitrogens with one attached hydrogen (secondary N) is 1. The van der Waals surface area contributed by atoms with Crippen LogP contribution in [0.4, 0.5) is 21.7 Å². The highest BCUT2D eigenvalue weighted by Gasteiger charge is 2.27. The molecule has 2 aromatic heterocycles. The molecule has 1 atom stereocenters. The Morgan fingerprint density at radius 2 is 2.16 bits per heavy atom. The number of hydrogen-bond donors (Lipinski definition) is 1. The monoisotopic (exact) mass is 504 g/mol. The average Bonchev–Trinajstić information content (AvgIpc) is 3.39. The fourth-order valence-corrected chi connectivity index (χ4v) is 4.54. The molecule has 194 valence electrons. The molecule has 1 fully saturated rings. The van der Waals surface area contributed by atoms with Crippen LogP contribution < -0.4 is 10.2 Å². The molecule has 3 heterocycles. The molecule has 0 bridgehead atoms. The minimum Gasteiger partial charge on any atom is -0.367 e. The second-order valence-electron chi connectivity index (χ2n) is 9.72. The Kier molecular flexibility index (Phi) is 8.01. The molecular formula is C27H33FN8O. The SMILES string of the molecule is Cc1cnc(Nc2ccc(N3CCC[C@@H](N(C)C(=O)CCC#N)C3)c(F)c2)nc1-c1cnn(C(C)C)c1. The van der Waals surface area contributed by atoms with Crippen LogP contribution in [0.1, 0.15) is 51.1 Å². The first-order valence-corrected chi connectivity index (χ1v) is 12.6. The number of aryl methyl sites for hydroxylation is 1. The molecule has 1 aliphatic heterocycles. The van der Waals surface area contributed by atoms with Crippen molar-refractivity contribution in [3.63, 3.8) is 0 Å². The van der Waals surface area contributed by atoms with E-state index in [1.54, 1.807) is 30.4 Å². The van der Waals surface area contributed by atoms with Crippen molar-refractivity contribution in [1.82, 2.24) is 24.6 Å². The van der Waals surface area contributed by atoms with Gasteiger partial charge in [0.05, 0.1) is 23.6 Å². The van der Waals surface area contributed by atoms with Gasteiger partial charge in [-0.2, -0.15) is 10.4 Å². The molecule has 0 spiro atoms. The predicted octanol–water partition coefficient (Wildman–Crippen LogP) is 4.84. The molecule has 0 aliphatic carbocycles. The molecule has 3 aromatic rings. The van der Waals surface area contributed by atoms with Crippen LogP contribution in [0, 0.1) is 24.1 Å². The zero-order valence-electron chi connectivity index (χ0n) is 21.8. The maximum atomic E-state index is 15.2. The van der Waals surface area contributed by atoms with Crippen LogP contribution in [-0.4, -0.2) is 56.7 Å². The van der Waals surface area contributed by atoms with E-state index in [0.717, 1.165) is 36.2 Å². The van der Waals surface area contributed by atoms with Gasteiger partial charge in [-0.3, -0.25) is 9.48 Å². The summed E-state index contributed by atoms with van der Waals surface area (Å²) in [5.74, 6) is -0.0299. The number of nitrogens with zero attached hydrogens (tertiary/aromatic N) is 7. The van der Waals surface area contributed by atoms with Crippen LogP contribution in [-0.2, 0) is 4.79 Å². The van der Waals surface area contributed by atoms with Gasteiger partial charge in [-0.05, 0) is 57.4 Å². The lowest BCUT2D eigenvalue weighted by molar-refractivity contribution is -0.132. The number of rotatable bonds is 8. The fraction of sp³-hybridized carbons (Fsp3) is 0.444. The van der Waals surface area contributed by atoms with E-state index in [2.05, 4.69) is 34.2 Å². The number of carbonyl (C=O) groups is 1. The van der Waals surface area contributed by atoms with Crippen molar-refractivity contribution in [1.29, 1.82) is 5.26 Å². The van der Waals surface area contributed by atoms with E-state index in [9.17, 15) is 4.79 Å². The summed E-state index contributed by atoms with van der Waals surface area (Å²) >= 11 is 0. The van der Waals surface area contributed by atoms with Gasteiger partial charge in [0, 0.05) is 68.7 Å². The van der Waals surface area contributed by atoms with Crippen LogP contribution in [0.5, 0.6) is 0 Å². The summed E-state index contributed by atoms with van der Waals surface area (Å²) in [5, 5.41) is 16.3. The molecule has 10 heteroatoms. The van der Waals surface area contributed by atoms with Crippen molar-refractivity contribution in [2.24, 2.45) is 0 Å².